The predicted octanol–water partition coefficient (Wildman–Crippen LogP) is 3.38. The zero-order chi connectivity index (χ0) is 13.6. The van der Waals surface area contributed by atoms with Gasteiger partial charge in [-0.2, -0.15) is 0 Å². The highest BCUT2D eigenvalue weighted by molar-refractivity contribution is 8.13. The minimum absolute atomic E-state index is 0.136. The molecule has 1 aliphatic carbocycles. The number of carbonyl (C=O) groups is 1. The van der Waals surface area contributed by atoms with Gasteiger partial charge in [-0.3, -0.25) is 4.79 Å². The molecule has 0 spiro atoms. The average molecular weight is 289 g/mol. The summed E-state index contributed by atoms with van der Waals surface area (Å²) in [5, 5.41) is 0. The lowest BCUT2D eigenvalue weighted by molar-refractivity contribution is -0.120. The Labute approximate surface area is 113 Å². The molecule has 0 amide bonds. The molecule has 0 aliphatic heterocycles. The van der Waals surface area contributed by atoms with Crippen molar-refractivity contribution in [1.82, 2.24) is 0 Å². The van der Waals surface area contributed by atoms with Crippen molar-refractivity contribution in [3.8, 4) is 0 Å². The molecular formula is C13H17ClO3S. The van der Waals surface area contributed by atoms with Crippen LogP contribution in [0.3, 0.4) is 0 Å². The number of ketones is 1. The van der Waals surface area contributed by atoms with Crippen LogP contribution in [0.5, 0.6) is 0 Å². The molecular weight excluding hydrogens is 272 g/mol. The van der Waals surface area contributed by atoms with Crippen molar-refractivity contribution in [3.63, 3.8) is 0 Å². The largest absolute Gasteiger partial charge is 0.299 e. The molecule has 0 radical (unpaired) electrons. The molecule has 18 heavy (non-hydrogen) atoms. The molecule has 1 aliphatic rings. The van der Waals surface area contributed by atoms with Gasteiger partial charge in [0.2, 0.25) is 0 Å². The first kappa shape index (κ1) is 15.2. The smallest absolute Gasteiger partial charge is 0.261 e. The summed E-state index contributed by atoms with van der Waals surface area (Å²) in [5.41, 5.74) is 0. The highest BCUT2D eigenvalue weighted by atomic mass is 35.7. The van der Waals surface area contributed by atoms with Gasteiger partial charge in [-0.25, -0.2) is 8.42 Å². The van der Waals surface area contributed by atoms with Gasteiger partial charge in [0.15, 0.2) is 0 Å². The van der Waals surface area contributed by atoms with Gasteiger partial charge in [0.25, 0.3) is 9.05 Å². The second-order valence-electron chi connectivity index (χ2n) is 4.24. The highest BCUT2D eigenvalue weighted by Gasteiger charge is 2.27. The van der Waals surface area contributed by atoms with Gasteiger partial charge in [-0.1, -0.05) is 25.1 Å². The Balaban J connectivity index is 0.000000184. The molecule has 5 heteroatoms. The third kappa shape index (κ3) is 5.65. The molecule has 0 heterocycles. The molecule has 100 valence electrons. The summed E-state index contributed by atoms with van der Waals surface area (Å²) in [7, 11) is 1.50. The van der Waals surface area contributed by atoms with Gasteiger partial charge < -0.3 is 0 Å². The fourth-order valence-corrected chi connectivity index (χ4v) is 2.23. The van der Waals surface area contributed by atoms with Gasteiger partial charge in [0.05, 0.1) is 4.90 Å². The molecule has 0 unspecified atom stereocenters. The van der Waals surface area contributed by atoms with Gasteiger partial charge in [-0.05, 0) is 31.4 Å². The van der Waals surface area contributed by atoms with Crippen LogP contribution >= 0.6 is 10.7 Å². The van der Waals surface area contributed by atoms with Gasteiger partial charge in [0.1, 0.15) is 5.78 Å². The topological polar surface area (TPSA) is 51.2 Å². The van der Waals surface area contributed by atoms with E-state index in [0.29, 0.717) is 11.7 Å². The van der Waals surface area contributed by atoms with Crippen molar-refractivity contribution in [2.75, 3.05) is 0 Å². The predicted molar refractivity (Wildman–Crippen MR) is 72.1 cm³/mol. The van der Waals surface area contributed by atoms with Crippen LogP contribution in [0.4, 0.5) is 0 Å². The number of halogens is 1. The van der Waals surface area contributed by atoms with E-state index in [4.69, 9.17) is 10.7 Å². The maximum absolute atomic E-state index is 10.8. The number of benzene rings is 1. The summed E-state index contributed by atoms with van der Waals surface area (Å²) in [6.07, 6.45) is 4.16. The molecule has 1 fully saturated rings. The van der Waals surface area contributed by atoms with Crippen LogP contribution < -0.4 is 0 Å². The SMILES string of the molecule is CCCC(=O)C1CC1.O=S(=O)(Cl)c1ccccc1. The molecule has 0 bridgehead atoms. The van der Waals surface area contributed by atoms with E-state index < -0.39 is 9.05 Å². The van der Waals surface area contributed by atoms with E-state index in [0.717, 1.165) is 12.8 Å². The summed E-state index contributed by atoms with van der Waals surface area (Å²) in [6.45, 7) is 2.06. The molecule has 1 aromatic rings. The van der Waals surface area contributed by atoms with E-state index in [1.54, 1.807) is 18.2 Å². The summed E-state index contributed by atoms with van der Waals surface area (Å²) in [5.74, 6) is 0.974. The third-order valence-electron chi connectivity index (χ3n) is 2.55. The summed E-state index contributed by atoms with van der Waals surface area (Å²) in [4.78, 5) is 10.9. The van der Waals surface area contributed by atoms with Crippen LogP contribution in [0.25, 0.3) is 0 Å². The van der Waals surface area contributed by atoms with E-state index in [1.807, 2.05) is 0 Å². The number of carbonyl (C=O) groups excluding carboxylic acids is 1. The van der Waals surface area contributed by atoms with E-state index in [1.165, 1.54) is 25.0 Å². The Morgan fingerprint density at radius 2 is 1.83 bits per heavy atom. The first-order valence-corrected chi connectivity index (χ1v) is 8.28. The number of hydrogen-bond acceptors (Lipinski definition) is 3. The van der Waals surface area contributed by atoms with Crippen LogP contribution in [0.2, 0.25) is 0 Å². The molecule has 2 rings (SSSR count). The van der Waals surface area contributed by atoms with E-state index in [-0.39, 0.29) is 4.90 Å². The van der Waals surface area contributed by atoms with Crippen molar-refractivity contribution in [1.29, 1.82) is 0 Å². The standard InChI is InChI=1S/C7H12O.C6H5ClO2S/c1-2-3-7(8)6-4-5-6;7-10(8,9)6-4-2-1-3-5-6/h6H,2-5H2,1H3;1-5H. The normalized spacial score (nSPS) is 14.6. The number of hydrogen-bond donors (Lipinski definition) is 0. The minimum Gasteiger partial charge on any atom is -0.299 e. The summed E-state index contributed by atoms with van der Waals surface area (Å²) in [6, 6.07) is 7.86. The van der Waals surface area contributed by atoms with Crippen LogP contribution in [-0.2, 0) is 13.8 Å². The van der Waals surface area contributed by atoms with E-state index in [2.05, 4.69) is 6.92 Å². The van der Waals surface area contributed by atoms with E-state index in [9.17, 15) is 13.2 Å². The van der Waals surface area contributed by atoms with Crippen molar-refractivity contribution in [3.05, 3.63) is 30.3 Å². The zero-order valence-electron chi connectivity index (χ0n) is 10.3. The number of Topliss-reactive ketones (excluding diaryl/α,β-unsaturated/α-hetero) is 1. The summed E-state index contributed by atoms with van der Waals surface area (Å²) >= 11 is 0. The van der Waals surface area contributed by atoms with Crippen molar-refractivity contribution in [2.24, 2.45) is 5.92 Å². The molecule has 0 aromatic heterocycles. The van der Waals surface area contributed by atoms with Crippen LogP contribution in [0, 0.1) is 5.92 Å². The molecule has 0 N–H and O–H groups in total. The number of rotatable bonds is 4. The van der Waals surface area contributed by atoms with E-state index >= 15 is 0 Å². The lowest BCUT2D eigenvalue weighted by atomic mass is 10.2. The molecule has 3 nitrogen and oxygen atoms in total. The fraction of sp³-hybridized carbons (Fsp3) is 0.462. The quantitative estimate of drug-likeness (QED) is 0.798. The fourth-order valence-electron chi connectivity index (χ4n) is 1.44. The zero-order valence-corrected chi connectivity index (χ0v) is 11.9. The lowest BCUT2D eigenvalue weighted by Crippen LogP contribution is -1.97. The molecule has 0 saturated heterocycles. The van der Waals surface area contributed by atoms with Gasteiger partial charge in [0, 0.05) is 23.0 Å². The maximum Gasteiger partial charge on any atom is 0.261 e. The second-order valence-corrected chi connectivity index (χ2v) is 6.81. The lowest BCUT2D eigenvalue weighted by Gasteiger charge is -1.91. The summed E-state index contributed by atoms with van der Waals surface area (Å²) < 4.78 is 21.2. The molecule has 0 atom stereocenters. The minimum atomic E-state index is -3.53. The van der Waals surface area contributed by atoms with Crippen molar-refractivity contribution in [2.45, 2.75) is 37.5 Å². The first-order valence-electron chi connectivity index (χ1n) is 5.97. The molecule has 1 aromatic carbocycles. The van der Waals surface area contributed by atoms with Crippen LogP contribution in [0.15, 0.2) is 35.2 Å². The Hall–Kier alpha value is -0.870. The highest BCUT2D eigenvalue weighted by Crippen LogP contribution is 2.30. The van der Waals surface area contributed by atoms with Crippen LogP contribution in [-0.4, -0.2) is 14.2 Å². The Morgan fingerprint density at radius 1 is 1.28 bits per heavy atom. The maximum atomic E-state index is 10.8. The Bertz CT molecular complexity index is 478. The van der Waals surface area contributed by atoms with Gasteiger partial charge in [-0.15, -0.1) is 0 Å². The average Bonchev–Trinajstić information content (AvgIpc) is 3.14. The monoisotopic (exact) mass is 288 g/mol. The Morgan fingerprint density at radius 3 is 2.17 bits per heavy atom. The second kappa shape index (κ2) is 6.90. The Kier molecular flexibility index (Phi) is 5.82. The molecule has 1 saturated carbocycles. The third-order valence-corrected chi connectivity index (χ3v) is 3.92. The van der Waals surface area contributed by atoms with Gasteiger partial charge >= 0.3 is 0 Å². The van der Waals surface area contributed by atoms with Crippen molar-refractivity contribution < 1.29 is 13.2 Å². The first-order chi connectivity index (χ1) is 8.45. The van der Waals surface area contributed by atoms with Crippen LogP contribution in [0.1, 0.15) is 32.6 Å². The van der Waals surface area contributed by atoms with Crippen molar-refractivity contribution >= 4 is 25.5 Å².